The van der Waals surface area contributed by atoms with Crippen molar-refractivity contribution in [1.29, 1.82) is 0 Å². The number of thiazole rings is 2. The highest BCUT2D eigenvalue weighted by Crippen LogP contribution is 2.32. The zero-order valence-corrected chi connectivity index (χ0v) is 25.5. The molecule has 0 spiro atoms. The summed E-state index contributed by atoms with van der Waals surface area (Å²) in [6.07, 6.45) is 2.72. The molecule has 0 aliphatic carbocycles. The molecule has 2 aromatic carbocycles. The Morgan fingerprint density at radius 1 is 0.800 bits per heavy atom. The zero-order chi connectivity index (χ0) is 29.4. The Morgan fingerprint density at radius 3 is 1.82 bits per heavy atom. The van der Waals surface area contributed by atoms with Gasteiger partial charge < -0.3 is 9.47 Å². The Kier molecular flexibility index (Phi) is 11.9. The van der Waals surface area contributed by atoms with E-state index < -0.39 is 38.9 Å². The number of rotatable bonds is 10. The number of benzene rings is 2. The second-order valence-corrected chi connectivity index (χ2v) is 14.2. The fourth-order valence-electron chi connectivity index (χ4n) is 2.99. The summed E-state index contributed by atoms with van der Waals surface area (Å²) in [5.41, 5.74) is -0.0143. The van der Waals surface area contributed by atoms with Crippen LogP contribution in [0.3, 0.4) is 0 Å². The quantitative estimate of drug-likeness (QED) is 0.124. The van der Waals surface area contributed by atoms with Crippen LogP contribution in [0.4, 0.5) is 17.6 Å². The lowest BCUT2D eigenvalue weighted by Gasteiger charge is -2.08. The molecule has 6 nitrogen and oxygen atoms in total. The number of halogens is 6. The molecule has 16 heteroatoms. The van der Waals surface area contributed by atoms with E-state index in [4.69, 9.17) is 32.7 Å². The molecule has 0 radical (unpaired) electrons. The average molecular weight is 676 g/mol. The molecule has 0 fully saturated rings. The van der Waals surface area contributed by atoms with Crippen molar-refractivity contribution in [2.75, 3.05) is 13.2 Å². The average Bonchev–Trinajstić information content (AvgIpc) is 3.52. The van der Waals surface area contributed by atoms with Gasteiger partial charge >= 0.3 is 0 Å². The van der Waals surface area contributed by atoms with Crippen LogP contribution in [-0.2, 0) is 21.3 Å². The largest absolute Gasteiger partial charge is 0.491 e. The van der Waals surface area contributed by atoms with Crippen LogP contribution in [0.25, 0.3) is 0 Å². The maximum Gasteiger partial charge on any atom is 0.210 e. The summed E-state index contributed by atoms with van der Waals surface area (Å²) in [6, 6.07) is 3.87. The van der Waals surface area contributed by atoms with E-state index in [1.54, 1.807) is 13.8 Å². The minimum atomic E-state index is -3.88. The highest BCUT2D eigenvalue weighted by molar-refractivity contribution is 8.00. The third-order valence-corrected chi connectivity index (χ3v) is 10.2. The number of hydrogen-bond donors (Lipinski definition) is 0. The topological polar surface area (TPSA) is 78.4 Å². The molecule has 0 N–H and O–H groups in total. The summed E-state index contributed by atoms with van der Waals surface area (Å²) in [7, 11) is -3.88. The molecule has 0 unspecified atom stereocenters. The highest BCUT2D eigenvalue weighted by Gasteiger charge is 2.23. The number of nitrogens with zero attached hydrogens (tertiary/aromatic N) is 2. The minimum absolute atomic E-state index is 0.0638. The van der Waals surface area contributed by atoms with Crippen LogP contribution in [0.15, 0.2) is 45.3 Å². The van der Waals surface area contributed by atoms with Gasteiger partial charge in [-0.1, -0.05) is 57.6 Å². The van der Waals surface area contributed by atoms with E-state index >= 15 is 0 Å². The molecule has 0 aliphatic heterocycles. The molecule has 2 aromatic heterocycles. The van der Waals surface area contributed by atoms with Gasteiger partial charge in [-0.25, -0.2) is 35.9 Å². The van der Waals surface area contributed by atoms with Crippen molar-refractivity contribution in [2.45, 2.75) is 34.0 Å². The number of hydrogen-bond acceptors (Lipinski definition) is 9. The first-order valence-corrected chi connectivity index (χ1v) is 16.3. The van der Waals surface area contributed by atoms with Crippen LogP contribution in [0.5, 0.6) is 11.5 Å². The molecule has 0 saturated heterocycles. The lowest BCUT2D eigenvalue weighted by atomic mass is 10.2. The molecular formula is C24H20Cl2F4N2O4S4. The van der Waals surface area contributed by atoms with E-state index in [2.05, 4.69) is 9.97 Å². The van der Waals surface area contributed by atoms with Crippen LogP contribution in [0, 0.1) is 23.3 Å². The molecule has 0 atom stereocenters. The van der Waals surface area contributed by atoms with Crippen LogP contribution < -0.4 is 9.47 Å². The van der Waals surface area contributed by atoms with E-state index in [0.717, 1.165) is 39.9 Å². The predicted molar refractivity (Wildman–Crippen MR) is 150 cm³/mol. The summed E-state index contributed by atoms with van der Waals surface area (Å²) in [6.45, 7) is 3.81. The van der Waals surface area contributed by atoms with Crippen LogP contribution >= 0.6 is 57.6 Å². The first-order valence-electron chi connectivity index (χ1n) is 11.2. The summed E-state index contributed by atoms with van der Waals surface area (Å²) < 4.78 is 90.2. The summed E-state index contributed by atoms with van der Waals surface area (Å²) in [5.74, 6) is -3.45. The fourth-order valence-corrected chi connectivity index (χ4v) is 7.79. The summed E-state index contributed by atoms with van der Waals surface area (Å²) >= 11 is 14.7. The van der Waals surface area contributed by atoms with Crippen molar-refractivity contribution in [1.82, 2.24) is 9.97 Å². The van der Waals surface area contributed by atoms with E-state index in [1.807, 2.05) is 0 Å². The first-order chi connectivity index (χ1) is 18.9. The minimum Gasteiger partial charge on any atom is -0.491 e. The van der Waals surface area contributed by atoms with E-state index in [0.29, 0.717) is 16.7 Å². The maximum absolute atomic E-state index is 13.9. The maximum atomic E-state index is 13.9. The molecule has 4 rings (SSSR count). The number of aromatic nitrogens is 2. The van der Waals surface area contributed by atoms with Gasteiger partial charge in [-0.05, 0) is 26.0 Å². The molecule has 0 saturated carbocycles. The van der Waals surface area contributed by atoms with Crippen LogP contribution in [0.2, 0.25) is 8.67 Å². The summed E-state index contributed by atoms with van der Waals surface area (Å²) in [4.78, 5) is 7.68. The van der Waals surface area contributed by atoms with E-state index in [-0.39, 0.29) is 37.9 Å². The Labute approximate surface area is 250 Å². The number of sulfone groups is 1. The molecule has 40 heavy (non-hydrogen) atoms. The molecule has 216 valence electrons. The standard InChI is InChI=1S/C12H10ClF2NO3S2.C12H10ClF2NOS2/c1-2-19-10-4-8(14)7(3-9(10)15)6-21(17,18)12-16-5-11(13)20-12;1-2-17-10-4-8(14)7(3-9(10)15)6-18-12-16-5-11(13)19-12/h3-5H,2,6H2,1H3;3-5H,2,6H2,1H3. The molecule has 4 aromatic rings. The molecule has 2 heterocycles. The lowest BCUT2D eigenvalue weighted by molar-refractivity contribution is 0.319. The van der Waals surface area contributed by atoms with Gasteiger partial charge in [0.1, 0.15) is 20.3 Å². The van der Waals surface area contributed by atoms with Gasteiger partial charge in [-0.15, -0.1) is 0 Å². The second kappa shape index (κ2) is 14.7. The molecule has 0 bridgehead atoms. The van der Waals surface area contributed by atoms with Crippen molar-refractivity contribution in [3.8, 4) is 11.5 Å². The van der Waals surface area contributed by atoms with Gasteiger partial charge in [-0.2, -0.15) is 0 Å². The van der Waals surface area contributed by atoms with Crippen LogP contribution in [0.1, 0.15) is 25.0 Å². The second-order valence-electron chi connectivity index (χ2n) is 7.52. The van der Waals surface area contributed by atoms with E-state index in [9.17, 15) is 26.0 Å². The van der Waals surface area contributed by atoms with Gasteiger partial charge in [0.15, 0.2) is 27.5 Å². The third kappa shape index (κ3) is 8.95. The number of thioether (sulfide) groups is 1. The molecule has 0 aliphatic rings. The molecule has 0 amide bonds. The smallest absolute Gasteiger partial charge is 0.210 e. The van der Waals surface area contributed by atoms with Crippen molar-refractivity contribution < 1.29 is 35.5 Å². The van der Waals surface area contributed by atoms with Gasteiger partial charge in [-0.3, -0.25) is 0 Å². The van der Waals surface area contributed by atoms with Gasteiger partial charge in [0.05, 0.1) is 31.4 Å². The summed E-state index contributed by atoms with van der Waals surface area (Å²) in [5, 5.41) is 0. The first kappa shape index (κ1) is 32.4. The van der Waals surface area contributed by atoms with Crippen LogP contribution in [-0.4, -0.2) is 31.6 Å². The predicted octanol–water partition coefficient (Wildman–Crippen LogP) is 8.21. The Balaban J connectivity index is 0.000000222. The number of ether oxygens (including phenoxy) is 2. The SMILES string of the molecule is CCOc1cc(F)c(CS(=O)(=O)c2ncc(Cl)s2)cc1F.CCOc1cc(F)c(CSc2ncc(Cl)s2)cc1F. The normalized spacial score (nSPS) is 11.2. The van der Waals surface area contributed by atoms with Crippen molar-refractivity contribution in [2.24, 2.45) is 0 Å². The van der Waals surface area contributed by atoms with Gasteiger partial charge in [0.25, 0.3) is 0 Å². The van der Waals surface area contributed by atoms with E-state index in [1.165, 1.54) is 35.5 Å². The molecular weight excluding hydrogens is 655 g/mol. The van der Waals surface area contributed by atoms with Crippen molar-refractivity contribution in [3.63, 3.8) is 0 Å². The Bertz CT molecular complexity index is 1570. The Hall–Kier alpha value is -2.10. The van der Waals surface area contributed by atoms with Crippen molar-refractivity contribution in [3.05, 3.63) is 79.7 Å². The Morgan fingerprint density at radius 2 is 1.32 bits per heavy atom. The van der Waals surface area contributed by atoms with Crippen molar-refractivity contribution >= 4 is 67.5 Å². The fraction of sp³-hybridized carbons (Fsp3) is 0.250. The zero-order valence-electron chi connectivity index (χ0n) is 20.7. The lowest BCUT2D eigenvalue weighted by Crippen LogP contribution is -2.07. The highest BCUT2D eigenvalue weighted by atomic mass is 35.5. The monoisotopic (exact) mass is 674 g/mol. The third-order valence-electron chi connectivity index (χ3n) is 4.68. The van der Waals surface area contributed by atoms with Gasteiger partial charge in [0.2, 0.25) is 14.2 Å². The van der Waals surface area contributed by atoms with Gasteiger partial charge in [0, 0.05) is 29.0 Å².